The van der Waals surface area contributed by atoms with Crippen LogP contribution in [0.1, 0.15) is 33.1 Å². The molecule has 3 atom stereocenters. The van der Waals surface area contributed by atoms with Crippen molar-refractivity contribution in [2.75, 3.05) is 19.6 Å². The van der Waals surface area contributed by atoms with Crippen LogP contribution in [0.25, 0.3) is 0 Å². The fourth-order valence-corrected chi connectivity index (χ4v) is 2.73. The topological polar surface area (TPSA) is 15.3 Å². The van der Waals surface area contributed by atoms with Crippen LogP contribution in [-0.2, 0) is 0 Å². The highest BCUT2D eigenvalue weighted by Crippen LogP contribution is 2.21. The van der Waals surface area contributed by atoms with Crippen molar-refractivity contribution < 1.29 is 0 Å². The molecule has 2 fully saturated rings. The van der Waals surface area contributed by atoms with E-state index in [1.165, 1.54) is 38.9 Å². The van der Waals surface area contributed by atoms with E-state index in [0.717, 1.165) is 18.0 Å². The Balaban J connectivity index is 1.77. The largest absolute Gasteiger partial charge is 0.310 e. The molecule has 13 heavy (non-hydrogen) atoms. The first-order chi connectivity index (χ1) is 6.24. The minimum atomic E-state index is 0.732. The minimum absolute atomic E-state index is 0.732. The van der Waals surface area contributed by atoms with Crippen molar-refractivity contribution in [3.8, 4) is 0 Å². The van der Waals surface area contributed by atoms with Crippen LogP contribution in [-0.4, -0.2) is 36.6 Å². The first-order valence-electron chi connectivity index (χ1n) is 5.72. The average molecular weight is 182 g/mol. The zero-order chi connectivity index (χ0) is 9.26. The summed E-state index contributed by atoms with van der Waals surface area (Å²) in [6.07, 6.45) is 4.15. The van der Waals surface area contributed by atoms with Crippen molar-refractivity contribution in [2.24, 2.45) is 5.92 Å². The van der Waals surface area contributed by atoms with Crippen LogP contribution in [0.4, 0.5) is 0 Å². The summed E-state index contributed by atoms with van der Waals surface area (Å²) < 4.78 is 0. The van der Waals surface area contributed by atoms with Crippen molar-refractivity contribution in [1.82, 2.24) is 10.2 Å². The molecule has 0 aromatic heterocycles. The molecule has 76 valence electrons. The molecule has 2 rings (SSSR count). The summed E-state index contributed by atoms with van der Waals surface area (Å²) in [5, 5.41) is 3.70. The van der Waals surface area contributed by atoms with Gasteiger partial charge in [0.05, 0.1) is 0 Å². The van der Waals surface area contributed by atoms with Gasteiger partial charge in [-0.2, -0.15) is 0 Å². The van der Waals surface area contributed by atoms with E-state index < -0.39 is 0 Å². The van der Waals surface area contributed by atoms with Crippen molar-refractivity contribution in [2.45, 2.75) is 45.2 Å². The Kier molecular flexibility index (Phi) is 2.89. The van der Waals surface area contributed by atoms with Gasteiger partial charge in [0.25, 0.3) is 0 Å². The first kappa shape index (κ1) is 9.47. The summed E-state index contributed by atoms with van der Waals surface area (Å²) in [4.78, 5) is 2.57. The van der Waals surface area contributed by atoms with Crippen molar-refractivity contribution in [1.29, 1.82) is 0 Å². The van der Waals surface area contributed by atoms with Gasteiger partial charge in [-0.1, -0.05) is 6.92 Å². The molecule has 0 radical (unpaired) electrons. The van der Waals surface area contributed by atoms with Gasteiger partial charge in [0.2, 0.25) is 0 Å². The highest BCUT2D eigenvalue weighted by atomic mass is 15.2. The van der Waals surface area contributed by atoms with E-state index in [9.17, 15) is 0 Å². The lowest BCUT2D eigenvalue weighted by atomic mass is 9.89. The van der Waals surface area contributed by atoms with Crippen molar-refractivity contribution >= 4 is 0 Å². The number of hydrogen-bond acceptors (Lipinski definition) is 2. The maximum atomic E-state index is 3.70. The monoisotopic (exact) mass is 182 g/mol. The van der Waals surface area contributed by atoms with Crippen molar-refractivity contribution in [3.05, 3.63) is 0 Å². The Labute approximate surface area is 81.7 Å². The maximum absolute atomic E-state index is 3.70. The number of likely N-dealkylation sites (tertiary alicyclic amines) is 1. The molecular formula is C11H22N2. The van der Waals surface area contributed by atoms with Gasteiger partial charge in [-0.25, -0.2) is 0 Å². The second-order valence-corrected chi connectivity index (χ2v) is 5.00. The second-order valence-electron chi connectivity index (χ2n) is 5.00. The van der Waals surface area contributed by atoms with Crippen molar-refractivity contribution in [3.63, 3.8) is 0 Å². The van der Waals surface area contributed by atoms with E-state index in [-0.39, 0.29) is 0 Å². The highest BCUT2D eigenvalue weighted by molar-refractivity contribution is 4.85. The fourth-order valence-electron chi connectivity index (χ4n) is 2.73. The lowest BCUT2D eigenvalue weighted by molar-refractivity contribution is 0.134. The highest BCUT2D eigenvalue weighted by Gasteiger charge is 2.26. The minimum Gasteiger partial charge on any atom is -0.310 e. The third-order valence-electron chi connectivity index (χ3n) is 3.39. The number of nitrogens with zero attached hydrogens (tertiary/aromatic N) is 1. The molecule has 2 heterocycles. The van der Waals surface area contributed by atoms with Crippen LogP contribution in [0.5, 0.6) is 0 Å². The number of nitrogens with one attached hydrogen (secondary N) is 1. The second kappa shape index (κ2) is 3.97. The summed E-state index contributed by atoms with van der Waals surface area (Å²) in [7, 11) is 0. The Morgan fingerprint density at radius 1 is 1.23 bits per heavy atom. The number of piperidine rings is 1. The number of rotatable bonds is 2. The Morgan fingerprint density at radius 3 is 2.54 bits per heavy atom. The molecule has 2 aliphatic rings. The van der Waals surface area contributed by atoms with Gasteiger partial charge in [-0.3, -0.25) is 0 Å². The van der Waals surface area contributed by atoms with E-state index in [1.54, 1.807) is 0 Å². The normalized spacial score (nSPS) is 41.5. The summed E-state index contributed by atoms with van der Waals surface area (Å²) in [5.41, 5.74) is 0. The lowest BCUT2D eigenvalue weighted by Gasteiger charge is -2.39. The van der Waals surface area contributed by atoms with Crippen LogP contribution in [0, 0.1) is 5.92 Å². The van der Waals surface area contributed by atoms with E-state index in [2.05, 4.69) is 24.1 Å². The molecule has 0 aromatic carbocycles. The smallest absolute Gasteiger partial charge is 0.0200 e. The molecule has 0 spiro atoms. The third kappa shape index (κ3) is 2.44. The summed E-state index contributed by atoms with van der Waals surface area (Å²) in [6, 6.07) is 1.49. The summed E-state index contributed by atoms with van der Waals surface area (Å²) in [5.74, 6) is 0.919. The van der Waals surface area contributed by atoms with Gasteiger partial charge in [0.1, 0.15) is 0 Å². The van der Waals surface area contributed by atoms with Crippen LogP contribution < -0.4 is 5.32 Å². The molecule has 2 nitrogen and oxygen atoms in total. The van der Waals surface area contributed by atoms with Gasteiger partial charge in [-0.05, 0) is 45.2 Å². The SMILES string of the molecule is CC1CC(C)NC(CN2CCC2)C1. The summed E-state index contributed by atoms with van der Waals surface area (Å²) >= 11 is 0. The van der Waals surface area contributed by atoms with Crippen LogP contribution >= 0.6 is 0 Å². The van der Waals surface area contributed by atoms with Crippen LogP contribution in [0.2, 0.25) is 0 Å². The Morgan fingerprint density at radius 2 is 2.00 bits per heavy atom. The predicted octanol–water partition coefficient (Wildman–Crippen LogP) is 1.47. The van der Waals surface area contributed by atoms with Gasteiger partial charge in [0, 0.05) is 18.6 Å². The molecule has 0 amide bonds. The molecule has 0 saturated carbocycles. The summed E-state index contributed by atoms with van der Waals surface area (Å²) in [6.45, 7) is 8.66. The number of hydrogen-bond donors (Lipinski definition) is 1. The quantitative estimate of drug-likeness (QED) is 0.695. The predicted molar refractivity (Wildman–Crippen MR) is 55.8 cm³/mol. The molecule has 2 heteroatoms. The van der Waals surface area contributed by atoms with E-state index in [0.29, 0.717) is 0 Å². The molecule has 0 aliphatic carbocycles. The van der Waals surface area contributed by atoms with Crippen LogP contribution in [0.15, 0.2) is 0 Å². The first-order valence-corrected chi connectivity index (χ1v) is 5.72. The van der Waals surface area contributed by atoms with Gasteiger partial charge in [0.15, 0.2) is 0 Å². The Hall–Kier alpha value is -0.0800. The fraction of sp³-hybridized carbons (Fsp3) is 1.00. The van der Waals surface area contributed by atoms with E-state index >= 15 is 0 Å². The molecule has 3 unspecified atom stereocenters. The van der Waals surface area contributed by atoms with Crippen LogP contribution in [0.3, 0.4) is 0 Å². The third-order valence-corrected chi connectivity index (χ3v) is 3.39. The standard InChI is InChI=1S/C11H22N2/c1-9-6-10(2)12-11(7-9)8-13-4-3-5-13/h9-12H,3-8H2,1-2H3. The molecule has 2 saturated heterocycles. The molecule has 0 bridgehead atoms. The molecule has 0 aromatic rings. The Bertz CT molecular complexity index is 155. The van der Waals surface area contributed by atoms with Gasteiger partial charge >= 0.3 is 0 Å². The molecule has 2 aliphatic heterocycles. The zero-order valence-corrected chi connectivity index (χ0v) is 8.92. The molecule has 1 N–H and O–H groups in total. The van der Waals surface area contributed by atoms with Gasteiger partial charge in [-0.15, -0.1) is 0 Å². The van der Waals surface area contributed by atoms with E-state index in [1.807, 2.05) is 0 Å². The van der Waals surface area contributed by atoms with Gasteiger partial charge < -0.3 is 10.2 Å². The zero-order valence-electron chi connectivity index (χ0n) is 8.92. The average Bonchev–Trinajstić information content (AvgIpc) is 1.95. The lowest BCUT2D eigenvalue weighted by Crippen LogP contribution is -2.52. The molecular weight excluding hydrogens is 160 g/mol. The maximum Gasteiger partial charge on any atom is 0.0200 e. The van der Waals surface area contributed by atoms with E-state index in [4.69, 9.17) is 0 Å².